The Labute approximate surface area is 229 Å². The lowest BCUT2D eigenvalue weighted by molar-refractivity contribution is -0.124. The van der Waals surface area contributed by atoms with Gasteiger partial charge < -0.3 is 19.8 Å². The first-order chi connectivity index (χ1) is 19.1. The van der Waals surface area contributed by atoms with Crippen LogP contribution < -0.4 is 10.8 Å². The predicted octanol–water partition coefficient (Wildman–Crippen LogP) is 5.55. The van der Waals surface area contributed by atoms with Gasteiger partial charge >= 0.3 is 6.09 Å². The molecule has 39 heavy (non-hydrogen) atoms. The molecular weight excluding hydrogens is 494 g/mol. The van der Waals surface area contributed by atoms with Crippen LogP contribution in [0.5, 0.6) is 0 Å². The first-order valence-corrected chi connectivity index (χ1v) is 13.9. The van der Waals surface area contributed by atoms with Crippen molar-refractivity contribution < 1.29 is 24.3 Å². The summed E-state index contributed by atoms with van der Waals surface area (Å²) in [5.74, 6) is -0.133. The minimum absolute atomic E-state index is 0.100. The van der Waals surface area contributed by atoms with Gasteiger partial charge in [-0.25, -0.2) is 10.3 Å². The molecule has 1 fully saturated rings. The molecule has 4 rings (SSSR count). The van der Waals surface area contributed by atoms with E-state index in [0.717, 1.165) is 63.5 Å². The molecule has 1 saturated heterocycles. The minimum atomic E-state index is -0.558. The van der Waals surface area contributed by atoms with Gasteiger partial charge in [0.15, 0.2) is 0 Å². The van der Waals surface area contributed by atoms with Crippen LogP contribution in [-0.4, -0.2) is 48.1 Å². The highest BCUT2D eigenvalue weighted by atomic mass is 16.5. The van der Waals surface area contributed by atoms with Crippen LogP contribution in [0.15, 0.2) is 60.8 Å². The second kappa shape index (κ2) is 15.1. The van der Waals surface area contributed by atoms with E-state index in [4.69, 9.17) is 14.7 Å². The van der Waals surface area contributed by atoms with Crippen molar-refractivity contribution in [1.29, 1.82) is 0 Å². The van der Waals surface area contributed by atoms with Crippen molar-refractivity contribution in [2.75, 3.05) is 19.8 Å². The van der Waals surface area contributed by atoms with Gasteiger partial charge in [0.05, 0.1) is 12.7 Å². The summed E-state index contributed by atoms with van der Waals surface area (Å²) in [6, 6.07) is 16.4. The van der Waals surface area contributed by atoms with Crippen molar-refractivity contribution in [1.82, 2.24) is 15.8 Å². The van der Waals surface area contributed by atoms with Crippen LogP contribution in [0.3, 0.4) is 0 Å². The summed E-state index contributed by atoms with van der Waals surface area (Å²) in [6.07, 6.45) is 12.7. The van der Waals surface area contributed by atoms with Crippen LogP contribution in [-0.2, 0) is 27.1 Å². The maximum Gasteiger partial charge on any atom is 0.407 e. The number of hydroxylamine groups is 1. The second-order valence-corrected chi connectivity index (χ2v) is 10.1. The molecule has 1 aliphatic heterocycles. The van der Waals surface area contributed by atoms with Gasteiger partial charge in [-0.3, -0.25) is 10.0 Å². The minimum Gasteiger partial charge on any atom is -0.450 e. The maximum atomic E-state index is 12.2. The fraction of sp³-hybridized carbons (Fsp3) is 0.419. The Bertz CT molecular complexity index is 1210. The molecule has 1 aromatic heterocycles. The molecule has 0 radical (unpaired) electrons. The number of aromatic nitrogens is 1. The summed E-state index contributed by atoms with van der Waals surface area (Å²) < 4.78 is 11.1. The molecule has 0 bridgehead atoms. The molecule has 4 N–H and O–H groups in total. The Morgan fingerprint density at radius 3 is 2.74 bits per heavy atom. The predicted molar refractivity (Wildman–Crippen MR) is 151 cm³/mol. The first-order valence-electron chi connectivity index (χ1n) is 13.9. The molecule has 8 heteroatoms. The number of aryl methyl sites for hydroxylation is 2. The van der Waals surface area contributed by atoms with E-state index in [1.165, 1.54) is 28.1 Å². The van der Waals surface area contributed by atoms with Crippen LogP contribution >= 0.6 is 0 Å². The first kappa shape index (κ1) is 28.4. The van der Waals surface area contributed by atoms with Gasteiger partial charge in [0.2, 0.25) is 0 Å². The fourth-order valence-corrected chi connectivity index (χ4v) is 5.10. The Morgan fingerprint density at radius 1 is 1.10 bits per heavy atom. The van der Waals surface area contributed by atoms with Gasteiger partial charge in [0.25, 0.3) is 5.91 Å². The lowest BCUT2D eigenvalue weighted by atomic mass is 9.91. The van der Waals surface area contributed by atoms with Crippen molar-refractivity contribution in [3.8, 4) is 0 Å². The van der Waals surface area contributed by atoms with Crippen molar-refractivity contribution in [2.45, 2.75) is 57.5 Å². The van der Waals surface area contributed by atoms with Gasteiger partial charge in [-0.1, -0.05) is 42.5 Å². The number of fused-ring (bicyclic) bond motifs is 1. The van der Waals surface area contributed by atoms with Crippen molar-refractivity contribution in [2.24, 2.45) is 5.92 Å². The van der Waals surface area contributed by atoms with Gasteiger partial charge in [-0.15, -0.1) is 0 Å². The number of nitrogens with one attached hydrogen (secondary N) is 3. The monoisotopic (exact) mass is 533 g/mol. The molecule has 1 aliphatic rings. The van der Waals surface area contributed by atoms with Gasteiger partial charge in [-0.05, 0) is 86.1 Å². The van der Waals surface area contributed by atoms with Gasteiger partial charge in [0.1, 0.15) is 0 Å². The quantitative estimate of drug-likeness (QED) is 0.123. The zero-order chi connectivity index (χ0) is 27.3. The van der Waals surface area contributed by atoms with Gasteiger partial charge in [0, 0.05) is 36.3 Å². The average molecular weight is 534 g/mol. The lowest BCUT2D eigenvalue weighted by Gasteiger charge is -2.18. The zero-order valence-corrected chi connectivity index (χ0v) is 22.4. The summed E-state index contributed by atoms with van der Waals surface area (Å²) in [5.41, 5.74) is 6.20. The summed E-state index contributed by atoms with van der Waals surface area (Å²) in [5, 5.41) is 12.7. The second-order valence-electron chi connectivity index (χ2n) is 10.1. The number of rotatable bonds is 14. The van der Waals surface area contributed by atoms with E-state index in [1.807, 2.05) is 18.2 Å². The zero-order valence-electron chi connectivity index (χ0n) is 22.4. The Morgan fingerprint density at radius 2 is 1.95 bits per heavy atom. The van der Waals surface area contributed by atoms with E-state index in [1.54, 1.807) is 11.6 Å². The molecule has 0 aliphatic carbocycles. The molecule has 0 saturated carbocycles. The Kier molecular flexibility index (Phi) is 11.0. The van der Waals surface area contributed by atoms with Gasteiger partial charge in [-0.2, -0.15) is 0 Å². The van der Waals surface area contributed by atoms with Crippen molar-refractivity contribution >= 4 is 29.0 Å². The standard InChI is InChI=1S/C31H39N3O5/c35-30(34-37)17-16-25-14-12-24(13-15-25)11-10-23(18-20-39-31(36)33-22-27-7-4-19-38-27)5-3-6-26-21-32-29-9-2-1-8-28(26)29/h1-2,8-9,12-17,21,23,27,32,37H,3-7,10-11,18-20,22H2,(H,33,36)(H,34,35)/b17-16+. The number of hydrogen-bond acceptors (Lipinski definition) is 5. The van der Waals surface area contributed by atoms with Crippen LogP contribution in [0.25, 0.3) is 17.0 Å². The SMILES string of the molecule is O=C(/C=C/c1ccc(CCC(CCCc2c[nH]c3ccccc23)CCOC(=O)NCC2CCCO2)cc1)NO. The largest absolute Gasteiger partial charge is 0.450 e. The number of hydrogen-bond donors (Lipinski definition) is 4. The van der Waals surface area contributed by atoms with Crippen molar-refractivity contribution in [3.63, 3.8) is 0 Å². The van der Waals surface area contributed by atoms with E-state index in [2.05, 4.69) is 46.8 Å². The van der Waals surface area contributed by atoms with Crippen LogP contribution in [0.2, 0.25) is 0 Å². The number of carbonyl (C=O) groups is 2. The number of amides is 2. The third kappa shape index (κ3) is 9.26. The maximum absolute atomic E-state index is 12.2. The lowest BCUT2D eigenvalue weighted by Crippen LogP contribution is -2.32. The van der Waals surface area contributed by atoms with Crippen LogP contribution in [0.4, 0.5) is 4.79 Å². The number of carbonyl (C=O) groups excluding carboxylic acids is 2. The van der Waals surface area contributed by atoms with E-state index in [9.17, 15) is 9.59 Å². The molecule has 2 amide bonds. The number of alkyl carbamates (subject to hydrolysis) is 1. The highest BCUT2D eigenvalue weighted by Crippen LogP contribution is 2.24. The van der Waals surface area contributed by atoms with Crippen LogP contribution in [0, 0.1) is 5.92 Å². The average Bonchev–Trinajstić information content (AvgIpc) is 3.64. The molecular formula is C31H39N3O5. The fourth-order valence-electron chi connectivity index (χ4n) is 5.10. The molecule has 3 aromatic rings. The summed E-state index contributed by atoms with van der Waals surface area (Å²) in [6.45, 7) is 1.66. The molecule has 2 unspecified atom stereocenters. The number of H-pyrrole nitrogens is 1. The molecule has 0 spiro atoms. The van der Waals surface area contributed by atoms with Crippen molar-refractivity contribution in [3.05, 3.63) is 77.5 Å². The van der Waals surface area contributed by atoms with E-state index in [-0.39, 0.29) is 12.2 Å². The Hall–Kier alpha value is -3.62. The molecule has 8 nitrogen and oxygen atoms in total. The smallest absolute Gasteiger partial charge is 0.407 e. The molecule has 2 heterocycles. The number of benzene rings is 2. The summed E-state index contributed by atoms with van der Waals surface area (Å²) >= 11 is 0. The number of para-hydroxylation sites is 1. The molecule has 2 aromatic carbocycles. The topological polar surface area (TPSA) is 113 Å². The van der Waals surface area contributed by atoms with E-state index in [0.29, 0.717) is 19.1 Å². The number of ether oxygens (including phenoxy) is 2. The molecule has 208 valence electrons. The molecule has 2 atom stereocenters. The third-order valence-corrected chi connectivity index (χ3v) is 7.35. The summed E-state index contributed by atoms with van der Waals surface area (Å²) in [4.78, 5) is 26.7. The third-order valence-electron chi connectivity index (χ3n) is 7.35. The summed E-state index contributed by atoms with van der Waals surface area (Å²) in [7, 11) is 0. The van der Waals surface area contributed by atoms with E-state index >= 15 is 0 Å². The highest BCUT2D eigenvalue weighted by Gasteiger charge is 2.17. The van der Waals surface area contributed by atoms with E-state index < -0.39 is 5.91 Å². The highest BCUT2D eigenvalue weighted by molar-refractivity contribution is 5.90. The normalized spacial score (nSPS) is 16.0. The Balaban J connectivity index is 1.27. The van der Waals surface area contributed by atoms with Crippen LogP contribution in [0.1, 0.15) is 55.2 Å². The number of aromatic amines is 1.